The SMILES string of the molecule is C=C(C#N)[C@@H](OC(C)=O)c1ccc(C(C)C)cc1. The number of hydrogen-bond acceptors (Lipinski definition) is 3. The number of rotatable bonds is 4. The van der Waals surface area contributed by atoms with Crippen LogP contribution in [-0.4, -0.2) is 5.97 Å². The molecular formula is C15H17NO2. The summed E-state index contributed by atoms with van der Waals surface area (Å²) in [4.78, 5) is 11.1. The van der Waals surface area contributed by atoms with Crippen LogP contribution in [0.1, 0.15) is 43.9 Å². The zero-order valence-electron chi connectivity index (χ0n) is 10.9. The molecule has 3 nitrogen and oxygen atoms in total. The number of carbonyl (C=O) groups is 1. The van der Waals surface area contributed by atoms with Crippen LogP contribution in [0.15, 0.2) is 36.4 Å². The van der Waals surface area contributed by atoms with Crippen molar-refractivity contribution >= 4 is 5.97 Å². The molecular weight excluding hydrogens is 226 g/mol. The molecule has 0 aromatic heterocycles. The second kappa shape index (κ2) is 6.02. The summed E-state index contributed by atoms with van der Waals surface area (Å²) in [6, 6.07) is 9.61. The van der Waals surface area contributed by atoms with E-state index in [9.17, 15) is 4.79 Å². The predicted molar refractivity (Wildman–Crippen MR) is 69.8 cm³/mol. The largest absolute Gasteiger partial charge is 0.452 e. The van der Waals surface area contributed by atoms with Gasteiger partial charge >= 0.3 is 5.97 Å². The molecule has 1 aromatic carbocycles. The molecule has 1 rings (SSSR count). The molecule has 0 aliphatic carbocycles. The lowest BCUT2D eigenvalue weighted by atomic mass is 9.98. The number of nitriles is 1. The van der Waals surface area contributed by atoms with Gasteiger partial charge in [0.25, 0.3) is 0 Å². The standard InChI is InChI=1S/C15H17NO2/c1-10(2)13-5-7-14(8-6-13)15(11(3)9-16)18-12(4)17/h5-8,10,15H,3H2,1-2,4H3/t15-/m1/s1. The highest BCUT2D eigenvalue weighted by Gasteiger charge is 2.18. The Morgan fingerprint density at radius 2 is 1.78 bits per heavy atom. The quantitative estimate of drug-likeness (QED) is 0.600. The van der Waals surface area contributed by atoms with Gasteiger partial charge in [-0.05, 0) is 17.0 Å². The maximum Gasteiger partial charge on any atom is 0.303 e. The molecule has 0 aliphatic heterocycles. The summed E-state index contributed by atoms with van der Waals surface area (Å²) in [5.74, 6) is 0.00901. The lowest BCUT2D eigenvalue weighted by Gasteiger charge is -2.16. The van der Waals surface area contributed by atoms with Gasteiger partial charge in [-0.3, -0.25) is 4.79 Å². The van der Waals surface area contributed by atoms with E-state index in [-0.39, 0.29) is 5.57 Å². The van der Waals surface area contributed by atoms with E-state index in [1.165, 1.54) is 12.5 Å². The highest BCUT2D eigenvalue weighted by atomic mass is 16.5. The molecule has 0 saturated heterocycles. The topological polar surface area (TPSA) is 50.1 Å². The third-order valence-corrected chi connectivity index (χ3v) is 2.65. The van der Waals surface area contributed by atoms with Crippen LogP contribution >= 0.6 is 0 Å². The molecule has 0 heterocycles. The Morgan fingerprint density at radius 3 is 2.17 bits per heavy atom. The highest BCUT2D eigenvalue weighted by molar-refractivity contribution is 5.67. The van der Waals surface area contributed by atoms with Crippen molar-refractivity contribution in [3.8, 4) is 6.07 Å². The number of esters is 1. The van der Waals surface area contributed by atoms with Crippen LogP contribution in [-0.2, 0) is 9.53 Å². The molecule has 0 fully saturated rings. The summed E-state index contributed by atoms with van der Waals surface area (Å²) in [6.07, 6.45) is -0.686. The Balaban J connectivity index is 3.02. The van der Waals surface area contributed by atoms with Crippen LogP contribution in [0, 0.1) is 11.3 Å². The number of benzene rings is 1. The first-order chi connectivity index (χ1) is 8.45. The fraction of sp³-hybridized carbons (Fsp3) is 0.333. The van der Waals surface area contributed by atoms with Crippen molar-refractivity contribution < 1.29 is 9.53 Å². The van der Waals surface area contributed by atoms with Crippen molar-refractivity contribution in [3.63, 3.8) is 0 Å². The third-order valence-electron chi connectivity index (χ3n) is 2.65. The van der Waals surface area contributed by atoms with E-state index >= 15 is 0 Å². The number of ether oxygens (including phenoxy) is 1. The first kappa shape index (κ1) is 14.0. The summed E-state index contributed by atoms with van der Waals surface area (Å²) in [6.45, 7) is 9.15. The minimum Gasteiger partial charge on any atom is -0.452 e. The van der Waals surface area contributed by atoms with E-state index < -0.39 is 12.1 Å². The van der Waals surface area contributed by atoms with E-state index in [1.807, 2.05) is 30.3 Å². The Bertz CT molecular complexity index is 480. The highest BCUT2D eigenvalue weighted by Crippen LogP contribution is 2.26. The fourth-order valence-corrected chi connectivity index (χ4v) is 1.62. The molecule has 0 unspecified atom stereocenters. The van der Waals surface area contributed by atoms with Gasteiger partial charge in [-0.1, -0.05) is 44.7 Å². The van der Waals surface area contributed by atoms with E-state index in [1.54, 1.807) is 0 Å². The molecule has 0 spiro atoms. The Morgan fingerprint density at radius 1 is 1.28 bits per heavy atom. The van der Waals surface area contributed by atoms with Crippen LogP contribution in [0.3, 0.4) is 0 Å². The monoisotopic (exact) mass is 243 g/mol. The minimum atomic E-state index is -0.686. The summed E-state index contributed by atoms with van der Waals surface area (Å²) >= 11 is 0. The van der Waals surface area contributed by atoms with Gasteiger partial charge in [0, 0.05) is 6.92 Å². The molecule has 0 saturated carbocycles. The Kier molecular flexibility index (Phi) is 4.67. The zero-order chi connectivity index (χ0) is 13.7. The zero-order valence-corrected chi connectivity index (χ0v) is 10.9. The normalized spacial score (nSPS) is 11.7. The van der Waals surface area contributed by atoms with Gasteiger partial charge in [0.15, 0.2) is 6.10 Å². The molecule has 0 bridgehead atoms. The summed E-state index contributed by atoms with van der Waals surface area (Å²) in [5.41, 5.74) is 2.19. The summed E-state index contributed by atoms with van der Waals surface area (Å²) < 4.78 is 5.13. The Hall–Kier alpha value is -2.08. The van der Waals surface area contributed by atoms with Gasteiger partial charge in [-0.15, -0.1) is 0 Å². The molecule has 0 amide bonds. The second-order valence-electron chi connectivity index (χ2n) is 4.45. The first-order valence-electron chi connectivity index (χ1n) is 5.81. The van der Waals surface area contributed by atoms with Crippen molar-refractivity contribution in [1.29, 1.82) is 5.26 Å². The van der Waals surface area contributed by atoms with Crippen molar-refractivity contribution in [1.82, 2.24) is 0 Å². The van der Waals surface area contributed by atoms with Crippen LogP contribution in [0.2, 0.25) is 0 Å². The molecule has 0 radical (unpaired) electrons. The average Bonchev–Trinajstić information content (AvgIpc) is 2.35. The van der Waals surface area contributed by atoms with Gasteiger partial charge in [0.2, 0.25) is 0 Å². The van der Waals surface area contributed by atoms with Crippen LogP contribution in [0.25, 0.3) is 0 Å². The maximum absolute atomic E-state index is 11.1. The molecule has 1 aromatic rings. The van der Waals surface area contributed by atoms with Crippen molar-refractivity contribution in [2.75, 3.05) is 0 Å². The van der Waals surface area contributed by atoms with E-state index in [4.69, 9.17) is 10.00 Å². The molecule has 94 valence electrons. The van der Waals surface area contributed by atoms with Crippen LogP contribution in [0.4, 0.5) is 0 Å². The fourth-order valence-electron chi connectivity index (χ4n) is 1.62. The maximum atomic E-state index is 11.1. The molecule has 0 aliphatic rings. The van der Waals surface area contributed by atoms with Crippen molar-refractivity contribution in [2.24, 2.45) is 0 Å². The van der Waals surface area contributed by atoms with Crippen LogP contribution < -0.4 is 0 Å². The van der Waals surface area contributed by atoms with Crippen LogP contribution in [0.5, 0.6) is 0 Å². The summed E-state index contributed by atoms with van der Waals surface area (Å²) in [5, 5.41) is 8.88. The number of hydrogen-bond donors (Lipinski definition) is 0. The van der Waals surface area contributed by atoms with E-state index in [0.717, 1.165) is 5.56 Å². The van der Waals surface area contributed by atoms with Gasteiger partial charge < -0.3 is 4.74 Å². The lowest BCUT2D eigenvalue weighted by Crippen LogP contribution is -2.10. The van der Waals surface area contributed by atoms with Crippen molar-refractivity contribution in [3.05, 3.63) is 47.5 Å². The van der Waals surface area contributed by atoms with Crippen molar-refractivity contribution in [2.45, 2.75) is 32.8 Å². The summed E-state index contributed by atoms with van der Waals surface area (Å²) in [7, 11) is 0. The molecule has 0 N–H and O–H groups in total. The molecule has 3 heteroatoms. The van der Waals surface area contributed by atoms with Gasteiger partial charge in [-0.2, -0.15) is 5.26 Å². The Labute approximate surface area is 108 Å². The lowest BCUT2D eigenvalue weighted by molar-refractivity contribution is -0.144. The molecule has 1 atom stereocenters. The predicted octanol–water partition coefficient (Wildman–Crippen LogP) is 3.49. The van der Waals surface area contributed by atoms with Gasteiger partial charge in [0.05, 0.1) is 11.6 Å². The second-order valence-corrected chi connectivity index (χ2v) is 4.45. The minimum absolute atomic E-state index is 0.225. The number of nitrogens with zero attached hydrogens (tertiary/aromatic N) is 1. The molecule has 18 heavy (non-hydrogen) atoms. The van der Waals surface area contributed by atoms with Gasteiger partial charge in [-0.25, -0.2) is 0 Å². The third kappa shape index (κ3) is 3.46. The van der Waals surface area contributed by atoms with E-state index in [2.05, 4.69) is 20.4 Å². The van der Waals surface area contributed by atoms with E-state index in [0.29, 0.717) is 5.92 Å². The average molecular weight is 243 g/mol. The first-order valence-corrected chi connectivity index (χ1v) is 5.81. The number of carbonyl (C=O) groups excluding carboxylic acids is 1. The smallest absolute Gasteiger partial charge is 0.303 e. The van der Waals surface area contributed by atoms with Gasteiger partial charge in [0.1, 0.15) is 0 Å².